The number of benzene rings is 3. The van der Waals surface area contributed by atoms with Gasteiger partial charge in [0.15, 0.2) is 5.75 Å². The molecule has 0 aromatic heterocycles. The molecule has 0 aliphatic rings. The van der Waals surface area contributed by atoms with Crippen molar-refractivity contribution < 1.29 is 13.9 Å². The topological polar surface area (TPSA) is 78.4 Å². The van der Waals surface area contributed by atoms with Gasteiger partial charge in [0.2, 0.25) is 0 Å². The minimum atomic E-state index is -0.918. The van der Waals surface area contributed by atoms with Crippen molar-refractivity contribution in [1.29, 1.82) is 0 Å². The molecule has 0 radical (unpaired) electrons. The molecule has 0 saturated carbocycles. The number of hydrogen-bond donors (Lipinski definition) is 3. The molecule has 2 unspecified atom stereocenters. The molecule has 4 aromatic carbocycles. The summed E-state index contributed by atoms with van der Waals surface area (Å²) in [6, 6.07) is 18.7. The Balaban J connectivity index is 1.67. The van der Waals surface area contributed by atoms with Crippen LogP contribution in [0, 0.1) is 11.6 Å². The Bertz CT molecular complexity index is 1330. The van der Waals surface area contributed by atoms with Crippen molar-refractivity contribution in [2.75, 3.05) is 5.32 Å². The summed E-state index contributed by atoms with van der Waals surface area (Å²) in [5, 5.41) is 15.9. The van der Waals surface area contributed by atoms with Crippen molar-refractivity contribution in [3.63, 3.8) is 0 Å². The lowest BCUT2D eigenvalue weighted by molar-refractivity contribution is 0.466. The van der Waals surface area contributed by atoms with Crippen molar-refractivity contribution in [2.24, 2.45) is 0 Å². The summed E-state index contributed by atoms with van der Waals surface area (Å²) in [7, 11) is 0. The predicted molar refractivity (Wildman–Crippen MR) is 119 cm³/mol. The van der Waals surface area contributed by atoms with Gasteiger partial charge in [-0.05, 0) is 60.0 Å². The van der Waals surface area contributed by atoms with Crippen LogP contribution in [0.3, 0.4) is 0 Å². The molecule has 2 atom stereocenters. The van der Waals surface area contributed by atoms with E-state index < -0.39 is 22.6 Å². The Labute approximate surface area is 182 Å². The maximum atomic E-state index is 13.7. The fourth-order valence-electron chi connectivity index (χ4n) is 3.60. The number of anilines is 2. The first-order valence-electron chi connectivity index (χ1n) is 9.99. The van der Waals surface area contributed by atoms with Crippen LogP contribution in [0.5, 0.6) is 5.75 Å². The van der Waals surface area contributed by atoms with Crippen LogP contribution in [0.15, 0.2) is 82.4 Å². The number of hydrogen-bond acceptors (Lipinski definition) is 5. The van der Waals surface area contributed by atoms with E-state index in [0.717, 1.165) is 16.7 Å². The lowest BCUT2D eigenvalue weighted by Crippen LogP contribution is -2.32. The van der Waals surface area contributed by atoms with Gasteiger partial charge in [-0.15, -0.1) is 0 Å². The monoisotopic (exact) mass is 434 g/mol. The van der Waals surface area contributed by atoms with Gasteiger partial charge in [0.1, 0.15) is 17.3 Å². The zero-order valence-electron chi connectivity index (χ0n) is 17.1. The SMILES string of the molecule is CC(NC(c1ccc(F)cc1)c1cccc(Nc2c(O)c(=O)c2=O)c1)c1cccc(F)c1. The molecule has 4 rings (SSSR count). The molecule has 32 heavy (non-hydrogen) atoms. The highest BCUT2D eigenvalue weighted by Gasteiger charge is 2.22. The van der Waals surface area contributed by atoms with E-state index in [9.17, 15) is 23.5 Å². The second-order valence-electron chi connectivity index (χ2n) is 7.56. The molecule has 0 heterocycles. The third-order valence-corrected chi connectivity index (χ3v) is 5.34. The van der Waals surface area contributed by atoms with E-state index in [1.807, 2.05) is 19.1 Å². The van der Waals surface area contributed by atoms with Crippen LogP contribution >= 0.6 is 0 Å². The highest BCUT2D eigenvalue weighted by molar-refractivity contribution is 5.69. The smallest absolute Gasteiger partial charge is 0.271 e. The molecular formula is C25H20F2N2O3. The summed E-state index contributed by atoms with van der Waals surface area (Å²) in [4.78, 5) is 22.9. The molecule has 3 N–H and O–H groups in total. The van der Waals surface area contributed by atoms with E-state index in [2.05, 4.69) is 10.6 Å². The van der Waals surface area contributed by atoms with Crippen LogP contribution in [0.2, 0.25) is 0 Å². The Morgan fingerprint density at radius 2 is 1.47 bits per heavy atom. The van der Waals surface area contributed by atoms with Gasteiger partial charge >= 0.3 is 0 Å². The summed E-state index contributed by atoms with van der Waals surface area (Å²) in [5.41, 5.74) is 0.968. The Hall–Kier alpha value is -3.84. The van der Waals surface area contributed by atoms with Gasteiger partial charge < -0.3 is 10.4 Å². The highest BCUT2D eigenvalue weighted by Crippen LogP contribution is 2.30. The molecule has 0 fully saturated rings. The first-order valence-corrected chi connectivity index (χ1v) is 9.99. The van der Waals surface area contributed by atoms with Crippen molar-refractivity contribution in [1.82, 2.24) is 5.32 Å². The van der Waals surface area contributed by atoms with Crippen LogP contribution < -0.4 is 21.5 Å². The molecule has 0 aliphatic heterocycles. The fraction of sp³-hybridized carbons (Fsp3) is 0.120. The maximum absolute atomic E-state index is 13.7. The van der Waals surface area contributed by atoms with Gasteiger partial charge in [-0.2, -0.15) is 0 Å². The van der Waals surface area contributed by atoms with Gasteiger partial charge in [0.25, 0.3) is 10.9 Å². The lowest BCUT2D eigenvalue weighted by Gasteiger charge is -2.25. The van der Waals surface area contributed by atoms with Crippen molar-refractivity contribution >= 4 is 11.4 Å². The van der Waals surface area contributed by atoms with Crippen molar-refractivity contribution in [2.45, 2.75) is 19.0 Å². The number of nitrogens with one attached hydrogen (secondary N) is 2. The molecule has 0 saturated heterocycles. The molecule has 7 heteroatoms. The van der Waals surface area contributed by atoms with E-state index in [1.165, 1.54) is 24.3 Å². The van der Waals surface area contributed by atoms with E-state index in [1.54, 1.807) is 36.4 Å². The minimum absolute atomic E-state index is 0.147. The van der Waals surface area contributed by atoms with Gasteiger partial charge in [0.05, 0.1) is 6.04 Å². The minimum Gasteiger partial charge on any atom is -0.502 e. The van der Waals surface area contributed by atoms with E-state index >= 15 is 0 Å². The van der Waals surface area contributed by atoms with Gasteiger partial charge in [-0.3, -0.25) is 14.9 Å². The summed E-state index contributed by atoms with van der Waals surface area (Å²) >= 11 is 0. The molecule has 4 aromatic rings. The first-order chi connectivity index (χ1) is 15.3. The standard InChI is InChI=1S/C25H20F2N2O3/c1-14(16-4-2-6-19(27)12-16)28-21(15-8-10-18(26)11-9-15)17-5-3-7-20(13-17)29-22-23(30)25(32)24(22)31/h2-14,21,28-30H,1H3. The fourth-order valence-corrected chi connectivity index (χ4v) is 3.60. The summed E-state index contributed by atoms with van der Waals surface area (Å²) < 4.78 is 27.2. The van der Waals surface area contributed by atoms with Gasteiger partial charge in [0, 0.05) is 11.7 Å². The second-order valence-corrected chi connectivity index (χ2v) is 7.56. The summed E-state index contributed by atoms with van der Waals surface area (Å²) in [5.74, 6) is -1.29. The molecule has 0 aliphatic carbocycles. The normalized spacial score (nSPS) is 13.1. The molecule has 0 amide bonds. The molecule has 162 valence electrons. The van der Waals surface area contributed by atoms with Crippen LogP contribution in [0.25, 0.3) is 0 Å². The van der Waals surface area contributed by atoms with Crippen molar-refractivity contribution in [3.05, 3.63) is 122 Å². The molecule has 5 nitrogen and oxygen atoms in total. The first kappa shape index (κ1) is 21.4. The average molecular weight is 434 g/mol. The zero-order chi connectivity index (χ0) is 22.8. The van der Waals surface area contributed by atoms with E-state index in [4.69, 9.17) is 0 Å². The Kier molecular flexibility index (Phi) is 5.83. The average Bonchev–Trinajstić information content (AvgIpc) is 2.81. The summed E-state index contributed by atoms with van der Waals surface area (Å²) in [6.07, 6.45) is 0. The number of halogens is 2. The lowest BCUT2D eigenvalue weighted by atomic mass is 9.96. The van der Waals surface area contributed by atoms with Crippen molar-refractivity contribution in [3.8, 4) is 5.75 Å². The molecule has 0 bridgehead atoms. The molecule has 0 spiro atoms. The van der Waals surface area contributed by atoms with Gasteiger partial charge in [-0.1, -0.05) is 36.4 Å². The summed E-state index contributed by atoms with van der Waals surface area (Å²) in [6.45, 7) is 1.90. The molecular weight excluding hydrogens is 414 g/mol. The van der Waals surface area contributed by atoms with E-state index in [-0.39, 0.29) is 23.4 Å². The van der Waals surface area contributed by atoms with E-state index in [0.29, 0.717) is 5.69 Å². The number of rotatable bonds is 7. The Morgan fingerprint density at radius 1 is 0.781 bits per heavy atom. The largest absolute Gasteiger partial charge is 0.502 e. The third kappa shape index (κ3) is 4.29. The maximum Gasteiger partial charge on any atom is 0.271 e. The van der Waals surface area contributed by atoms with Crippen LogP contribution in [0.4, 0.5) is 20.2 Å². The van der Waals surface area contributed by atoms with Crippen LogP contribution in [-0.4, -0.2) is 5.11 Å². The zero-order valence-corrected chi connectivity index (χ0v) is 17.1. The third-order valence-electron chi connectivity index (χ3n) is 5.34. The Morgan fingerprint density at radius 3 is 2.16 bits per heavy atom. The van der Waals surface area contributed by atoms with Crippen LogP contribution in [-0.2, 0) is 0 Å². The van der Waals surface area contributed by atoms with Crippen LogP contribution in [0.1, 0.15) is 35.7 Å². The highest BCUT2D eigenvalue weighted by atomic mass is 19.1. The number of aromatic hydroxyl groups is 1. The quantitative estimate of drug-likeness (QED) is 0.375. The predicted octanol–water partition coefficient (Wildman–Crippen LogP) is 4.45. The van der Waals surface area contributed by atoms with Gasteiger partial charge in [-0.25, -0.2) is 8.78 Å². The second kappa shape index (κ2) is 8.72.